The molecule has 1 unspecified atom stereocenters. The summed E-state index contributed by atoms with van der Waals surface area (Å²) in [6, 6.07) is 5.44. The number of halogens is 1. The van der Waals surface area contributed by atoms with Gasteiger partial charge in [0.2, 0.25) is 0 Å². The molecular formula is C11H14BrNO2. The molecule has 0 heterocycles. The Morgan fingerprint density at radius 3 is 2.80 bits per heavy atom. The summed E-state index contributed by atoms with van der Waals surface area (Å²) >= 11 is 3.39. The third-order valence-corrected chi connectivity index (χ3v) is 2.77. The maximum atomic E-state index is 10.6. The molecule has 3 nitrogen and oxygen atoms in total. The van der Waals surface area contributed by atoms with Crippen molar-refractivity contribution in [1.82, 2.24) is 5.32 Å². The van der Waals surface area contributed by atoms with E-state index >= 15 is 0 Å². The van der Waals surface area contributed by atoms with Crippen LogP contribution in [0.15, 0.2) is 22.7 Å². The first-order chi connectivity index (χ1) is 7.00. The van der Waals surface area contributed by atoms with Crippen molar-refractivity contribution >= 4 is 21.9 Å². The van der Waals surface area contributed by atoms with Gasteiger partial charge in [0.1, 0.15) is 6.04 Å². The van der Waals surface area contributed by atoms with E-state index in [9.17, 15) is 4.79 Å². The van der Waals surface area contributed by atoms with Crippen LogP contribution in [0.1, 0.15) is 18.1 Å². The quantitative estimate of drug-likeness (QED) is 0.884. The molecule has 0 aliphatic rings. The van der Waals surface area contributed by atoms with Crippen LogP contribution in [0.5, 0.6) is 0 Å². The van der Waals surface area contributed by atoms with Gasteiger partial charge in [0.25, 0.3) is 0 Å². The molecule has 4 heteroatoms. The number of carboxylic acid groups (broad SMARTS) is 1. The van der Waals surface area contributed by atoms with Gasteiger partial charge in [0.15, 0.2) is 0 Å². The fourth-order valence-electron chi connectivity index (χ4n) is 1.21. The van der Waals surface area contributed by atoms with Gasteiger partial charge >= 0.3 is 5.97 Å². The second-order valence-corrected chi connectivity index (χ2v) is 4.43. The molecule has 1 aromatic carbocycles. The Bertz CT molecular complexity index is 366. The van der Waals surface area contributed by atoms with Crippen LogP contribution in [-0.4, -0.2) is 17.1 Å². The summed E-state index contributed by atoms with van der Waals surface area (Å²) in [5.74, 6) is -0.829. The maximum Gasteiger partial charge on any atom is 0.320 e. The zero-order valence-corrected chi connectivity index (χ0v) is 10.3. The number of carboxylic acids is 1. The highest BCUT2D eigenvalue weighted by atomic mass is 79.9. The Morgan fingerprint density at radius 2 is 2.27 bits per heavy atom. The van der Waals surface area contributed by atoms with Crippen LogP contribution in [0.25, 0.3) is 0 Å². The maximum absolute atomic E-state index is 10.6. The van der Waals surface area contributed by atoms with Gasteiger partial charge in [-0.15, -0.1) is 0 Å². The van der Waals surface area contributed by atoms with Gasteiger partial charge in [0.05, 0.1) is 0 Å². The highest BCUT2D eigenvalue weighted by molar-refractivity contribution is 9.10. The van der Waals surface area contributed by atoms with Crippen LogP contribution in [0.4, 0.5) is 0 Å². The lowest BCUT2D eigenvalue weighted by molar-refractivity contribution is -0.139. The summed E-state index contributed by atoms with van der Waals surface area (Å²) < 4.78 is 1.04. The van der Waals surface area contributed by atoms with Crippen molar-refractivity contribution in [3.8, 4) is 0 Å². The molecule has 0 saturated heterocycles. The Balaban J connectivity index is 2.62. The predicted molar refractivity (Wildman–Crippen MR) is 62.8 cm³/mol. The molecule has 0 fully saturated rings. The number of rotatable bonds is 4. The van der Waals surface area contributed by atoms with Crippen molar-refractivity contribution in [2.75, 3.05) is 0 Å². The lowest BCUT2D eigenvalue weighted by Gasteiger charge is -2.11. The Morgan fingerprint density at radius 1 is 1.60 bits per heavy atom. The van der Waals surface area contributed by atoms with Gasteiger partial charge in [-0.05, 0) is 37.1 Å². The summed E-state index contributed by atoms with van der Waals surface area (Å²) in [5, 5.41) is 11.6. The topological polar surface area (TPSA) is 49.3 Å². The summed E-state index contributed by atoms with van der Waals surface area (Å²) in [6.07, 6.45) is 0. The Hall–Kier alpha value is -0.870. The van der Waals surface area contributed by atoms with Crippen LogP contribution in [0.3, 0.4) is 0 Å². The van der Waals surface area contributed by atoms with Crippen LogP contribution in [0.2, 0.25) is 0 Å². The van der Waals surface area contributed by atoms with E-state index in [1.54, 1.807) is 6.92 Å². The van der Waals surface area contributed by atoms with E-state index in [1.165, 1.54) is 0 Å². The number of benzene rings is 1. The van der Waals surface area contributed by atoms with Gasteiger partial charge < -0.3 is 10.4 Å². The molecule has 15 heavy (non-hydrogen) atoms. The van der Waals surface area contributed by atoms with E-state index in [2.05, 4.69) is 21.2 Å². The smallest absolute Gasteiger partial charge is 0.320 e. The molecule has 1 aromatic rings. The summed E-state index contributed by atoms with van der Waals surface area (Å²) in [6.45, 7) is 4.22. The van der Waals surface area contributed by atoms with Gasteiger partial charge in [-0.2, -0.15) is 0 Å². The summed E-state index contributed by atoms with van der Waals surface area (Å²) in [5.41, 5.74) is 2.26. The van der Waals surface area contributed by atoms with Crippen molar-refractivity contribution in [2.45, 2.75) is 26.4 Å². The lowest BCUT2D eigenvalue weighted by Crippen LogP contribution is -2.33. The molecule has 0 aromatic heterocycles. The molecule has 82 valence electrons. The molecule has 0 spiro atoms. The summed E-state index contributed by atoms with van der Waals surface area (Å²) in [4.78, 5) is 10.6. The number of hydrogen-bond donors (Lipinski definition) is 2. The van der Waals surface area contributed by atoms with Crippen molar-refractivity contribution in [1.29, 1.82) is 0 Å². The normalized spacial score (nSPS) is 12.5. The molecule has 0 amide bonds. The van der Waals surface area contributed by atoms with Gasteiger partial charge in [-0.1, -0.05) is 22.0 Å². The van der Waals surface area contributed by atoms with E-state index in [0.717, 1.165) is 15.6 Å². The number of nitrogens with one attached hydrogen (secondary N) is 1. The molecule has 0 radical (unpaired) electrons. The second kappa shape index (κ2) is 5.28. The highest BCUT2D eigenvalue weighted by Gasteiger charge is 2.09. The molecular weight excluding hydrogens is 258 g/mol. The predicted octanol–water partition coefficient (Wildman–Crippen LogP) is 2.32. The molecule has 1 atom stereocenters. The fraction of sp³-hybridized carbons (Fsp3) is 0.364. The first-order valence-electron chi connectivity index (χ1n) is 4.72. The Kier molecular flexibility index (Phi) is 4.29. The summed E-state index contributed by atoms with van der Waals surface area (Å²) in [7, 11) is 0. The van der Waals surface area contributed by atoms with E-state index < -0.39 is 12.0 Å². The second-order valence-electron chi connectivity index (χ2n) is 3.51. The van der Waals surface area contributed by atoms with Crippen LogP contribution in [0, 0.1) is 6.92 Å². The fourth-order valence-corrected chi connectivity index (χ4v) is 1.68. The third-order valence-electron chi connectivity index (χ3n) is 2.27. The number of aliphatic carboxylic acids is 1. The number of carbonyl (C=O) groups is 1. The molecule has 1 rings (SSSR count). The molecule has 0 saturated carbocycles. The van der Waals surface area contributed by atoms with Crippen molar-refractivity contribution in [2.24, 2.45) is 0 Å². The van der Waals surface area contributed by atoms with Crippen LogP contribution < -0.4 is 5.32 Å². The molecule has 0 aliphatic heterocycles. The SMILES string of the molecule is Cc1cc(Br)ccc1CNC(C)C(=O)O. The first kappa shape index (κ1) is 12.2. The van der Waals surface area contributed by atoms with E-state index in [-0.39, 0.29) is 0 Å². The highest BCUT2D eigenvalue weighted by Crippen LogP contribution is 2.15. The van der Waals surface area contributed by atoms with Gasteiger partial charge in [-0.3, -0.25) is 4.79 Å². The van der Waals surface area contributed by atoms with Gasteiger partial charge in [0, 0.05) is 11.0 Å². The van der Waals surface area contributed by atoms with Crippen molar-refractivity contribution < 1.29 is 9.90 Å². The standard InChI is InChI=1S/C11H14BrNO2/c1-7-5-10(12)4-3-9(7)6-13-8(2)11(14)15/h3-5,8,13H,6H2,1-2H3,(H,14,15). The minimum absolute atomic E-state index is 0.520. The first-order valence-corrected chi connectivity index (χ1v) is 5.51. The van der Waals surface area contributed by atoms with Crippen molar-refractivity contribution in [3.63, 3.8) is 0 Å². The molecule has 0 aliphatic carbocycles. The van der Waals surface area contributed by atoms with E-state index in [0.29, 0.717) is 6.54 Å². The molecule has 2 N–H and O–H groups in total. The largest absolute Gasteiger partial charge is 0.480 e. The molecule has 0 bridgehead atoms. The van der Waals surface area contributed by atoms with Crippen LogP contribution in [-0.2, 0) is 11.3 Å². The van der Waals surface area contributed by atoms with Gasteiger partial charge in [-0.25, -0.2) is 0 Å². The zero-order chi connectivity index (χ0) is 11.4. The number of hydrogen-bond acceptors (Lipinski definition) is 2. The monoisotopic (exact) mass is 271 g/mol. The Labute approximate surface area is 97.6 Å². The van der Waals surface area contributed by atoms with E-state index in [4.69, 9.17) is 5.11 Å². The van der Waals surface area contributed by atoms with Crippen LogP contribution >= 0.6 is 15.9 Å². The van der Waals surface area contributed by atoms with E-state index in [1.807, 2.05) is 25.1 Å². The third kappa shape index (κ3) is 3.64. The number of aryl methyl sites for hydroxylation is 1. The average Bonchev–Trinajstić information content (AvgIpc) is 2.15. The average molecular weight is 272 g/mol. The zero-order valence-electron chi connectivity index (χ0n) is 8.75. The lowest BCUT2D eigenvalue weighted by atomic mass is 10.1. The van der Waals surface area contributed by atoms with Crippen molar-refractivity contribution in [3.05, 3.63) is 33.8 Å². The minimum atomic E-state index is -0.829. The minimum Gasteiger partial charge on any atom is -0.480 e.